The van der Waals surface area contributed by atoms with E-state index in [9.17, 15) is 57.5 Å². The number of carboxylic acid groups (broad SMARTS) is 5. The Morgan fingerprint density at radius 1 is 0.373 bits per heavy atom. The van der Waals surface area contributed by atoms with Crippen LogP contribution in [0.5, 0.6) is 0 Å². The van der Waals surface area contributed by atoms with Crippen molar-refractivity contribution in [2.75, 3.05) is 108 Å². The molecule has 0 radical (unpaired) electrons. The molecule has 0 aliphatic rings. The molecule has 1 aromatic carbocycles. The number of thiol groups is 15. The minimum Gasteiger partial charge on any atom is -0.481 e. The molecule has 590 valence electrons. The van der Waals surface area contributed by atoms with Gasteiger partial charge in [-0.2, -0.15) is 189 Å². The number of aromatic carboxylic acids is 1. The number of nitrogens with one attached hydrogen (secondary N) is 7. The first-order valence-electron chi connectivity index (χ1n) is 32.4. The molecule has 0 saturated heterocycles. The molecule has 0 fully saturated rings. The van der Waals surface area contributed by atoms with Gasteiger partial charge in [0, 0.05) is 94.3 Å². The Balaban J connectivity index is -0.000000600. The first kappa shape index (κ1) is 106. The third-order valence-corrected chi connectivity index (χ3v) is 21.7. The number of hydrogen-bond acceptors (Lipinski definition) is 28. The number of hydrogen-bond donors (Lipinski definition) is 27. The van der Waals surface area contributed by atoms with Crippen molar-refractivity contribution in [1.82, 2.24) is 37.2 Å². The van der Waals surface area contributed by atoms with Crippen molar-refractivity contribution in [1.29, 1.82) is 0 Å². The Morgan fingerprint density at radius 3 is 1.18 bits per heavy atom. The molecule has 0 spiro atoms. The first-order chi connectivity index (χ1) is 48.3. The molecule has 0 bridgehead atoms. The average molecular weight is 1720 g/mol. The largest absolute Gasteiger partial charge is 0.481 e. The maximum absolute atomic E-state index is 12.4. The second-order valence-electron chi connectivity index (χ2n) is 22.9. The molecule has 12 N–H and O–H groups in total. The number of aliphatic carboxylic acids is 4. The van der Waals surface area contributed by atoms with Gasteiger partial charge in [0.2, 0.25) is 35.4 Å². The topological polar surface area (TPSA) is 399 Å². The third-order valence-electron chi connectivity index (χ3n) is 14.3. The van der Waals surface area contributed by atoms with Gasteiger partial charge in [-0.25, -0.2) is 9.59 Å². The van der Waals surface area contributed by atoms with Crippen LogP contribution in [0.25, 0.3) is 0 Å². The molecule has 40 heteroatoms. The van der Waals surface area contributed by atoms with E-state index in [0.29, 0.717) is 57.9 Å². The molecular weight excluding hydrogens is 1610 g/mol. The van der Waals surface area contributed by atoms with E-state index in [2.05, 4.69) is 231 Å². The van der Waals surface area contributed by atoms with E-state index in [0.717, 1.165) is 112 Å². The zero-order chi connectivity index (χ0) is 78.5. The van der Waals surface area contributed by atoms with Crippen LogP contribution in [-0.2, 0) is 52.7 Å². The Morgan fingerprint density at radius 2 is 0.775 bits per heavy atom. The Bertz CT molecular complexity index is 2520. The SMILES string of the molecule is O=C(CNC(=O)c1ccc(C(=O)O)cc1)NC(CCCS)C(S)CCS.O=C(O)CCCC(=O)NC(CS)(CS)CS.O=C(O)CCCC(=O)NCC(=O)NC(CCCS)(CCCS)CCCS.O=C(O)CCCCC(S)C(CS)CS.O=C(O)COCC(=O)NCC(=O)NC(CS)(CS)CS. The molecule has 1 rings (SSSR count). The monoisotopic (exact) mass is 1720 g/mol. The predicted octanol–water partition coefficient (Wildman–Crippen LogP) is 6.41. The van der Waals surface area contributed by atoms with Crippen LogP contribution < -0.4 is 37.2 Å². The van der Waals surface area contributed by atoms with E-state index in [1.807, 2.05) is 0 Å². The quantitative estimate of drug-likeness (QED) is 0.0247. The van der Waals surface area contributed by atoms with Gasteiger partial charge < -0.3 is 67.5 Å². The molecule has 1 aromatic rings. The van der Waals surface area contributed by atoms with Gasteiger partial charge in [0.1, 0.15) is 13.2 Å². The van der Waals surface area contributed by atoms with E-state index in [4.69, 9.17) is 25.5 Å². The van der Waals surface area contributed by atoms with Crippen LogP contribution in [0, 0.1) is 5.92 Å². The number of carbonyl (C=O) groups is 12. The van der Waals surface area contributed by atoms with Crippen molar-refractivity contribution in [3.05, 3.63) is 35.4 Å². The highest BCUT2D eigenvalue weighted by Gasteiger charge is 2.32. The van der Waals surface area contributed by atoms with E-state index >= 15 is 0 Å². The second kappa shape index (κ2) is 67.2. The lowest BCUT2D eigenvalue weighted by molar-refractivity contribution is -0.144. The fourth-order valence-electron chi connectivity index (χ4n) is 8.38. The van der Waals surface area contributed by atoms with Crippen molar-refractivity contribution in [2.24, 2.45) is 5.92 Å². The molecule has 25 nitrogen and oxygen atoms in total. The summed E-state index contributed by atoms with van der Waals surface area (Å²) in [5.74, 6) is 0.832. The van der Waals surface area contributed by atoms with Crippen LogP contribution >= 0.6 is 189 Å². The van der Waals surface area contributed by atoms with Crippen molar-refractivity contribution in [3.8, 4) is 0 Å². The Hall–Kier alpha value is -1.93. The number of amides is 7. The van der Waals surface area contributed by atoms with Crippen LogP contribution in [-0.4, -0.2) is 238 Å². The van der Waals surface area contributed by atoms with Crippen LogP contribution in [0.4, 0.5) is 0 Å². The van der Waals surface area contributed by atoms with Crippen molar-refractivity contribution in [2.45, 2.75) is 155 Å². The van der Waals surface area contributed by atoms with E-state index in [-0.39, 0.29) is 110 Å². The zero-order valence-corrected chi connectivity index (χ0v) is 70.4. The molecular formula is C62H109N7O18S15. The van der Waals surface area contributed by atoms with Crippen molar-refractivity contribution >= 4 is 261 Å². The standard InChI is InChI=1S/C17H24N2O4S3.C17H32N2O4S3.C10H18N2O5S3.C9H17NO3S3.C9H18O2S3/c20-15(19-13(2-1-8-24)14(26)7-9-25)10-18-16(21)11-3-5-12(6-4-11)17(22)23;20-14(5-1-6-16(22)23)18-13-15(21)19-17(7-2-10-24,8-3-11-25)9-4-12-26;13-7(12-10(4-18,5-19)6-20)1-11-8(14)2-17-3-9(15)16;11-7(2-1-3-8(12)13)10-9(4-14,5-15)6-16;10-9(11)4-2-1-3-8(14)7(5-12)6-13/h3-6,13-14,24-26H,1-2,7-10H2,(H,18,21)(H,19,20)(H,22,23);24-26H,1-13H2,(H,18,20)(H,19,21)(H,22,23);18-20H,1-6H2,(H,11,14)(H,12,13)(H,15,16);14-16H,1-6H2,(H,10,11)(H,12,13);7-8,12-14H,1-6H2,(H,10,11). The summed E-state index contributed by atoms with van der Waals surface area (Å²) in [6, 6.07) is 5.38. The van der Waals surface area contributed by atoms with E-state index in [1.54, 1.807) is 0 Å². The molecule has 3 atom stereocenters. The van der Waals surface area contributed by atoms with Crippen molar-refractivity contribution in [3.63, 3.8) is 0 Å². The maximum atomic E-state index is 12.4. The number of carbonyl (C=O) groups excluding carboxylic acids is 7. The number of carboxylic acids is 5. The normalized spacial score (nSPS) is 11.8. The lowest BCUT2D eigenvalue weighted by Gasteiger charge is -2.35. The lowest BCUT2D eigenvalue weighted by atomic mass is 9.84. The van der Waals surface area contributed by atoms with Gasteiger partial charge in [-0.15, -0.1) is 0 Å². The zero-order valence-electron chi connectivity index (χ0n) is 57.0. The van der Waals surface area contributed by atoms with Gasteiger partial charge >= 0.3 is 29.8 Å². The molecule has 7 amide bonds. The predicted molar refractivity (Wildman–Crippen MR) is 455 cm³/mol. The number of rotatable bonds is 53. The fraction of sp³-hybridized carbons (Fsp3) is 0.710. The Labute approximate surface area is 683 Å². The summed E-state index contributed by atoms with van der Waals surface area (Å²) in [5.41, 5.74) is -1.10. The molecule has 0 aliphatic carbocycles. The molecule has 102 heavy (non-hydrogen) atoms. The van der Waals surface area contributed by atoms with Crippen LogP contribution in [0.15, 0.2) is 24.3 Å². The van der Waals surface area contributed by atoms with Crippen molar-refractivity contribution < 1.29 is 87.8 Å². The van der Waals surface area contributed by atoms with Gasteiger partial charge in [0.05, 0.1) is 36.3 Å². The summed E-state index contributed by atoms with van der Waals surface area (Å²) in [6.07, 6.45) is 11.2. The van der Waals surface area contributed by atoms with Gasteiger partial charge in [0.25, 0.3) is 5.91 Å². The van der Waals surface area contributed by atoms with Crippen LogP contribution in [0.2, 0.25) is 0 Å². The van der Waals surface area contributed by atoms with E-state index < -0.39 is 71.9 Å². The maximum Gasteiger partial charge on any atom is 0.335 e. The number of benzene rings is 1. The summed E-state index contributed by atoms with van der Waals surface area (Å²) in [6.45, 7) is -1.50. The van der Waals surface area contributed by atoms with Gasteiger partial charge in [-0.1, -0.05) is 6.42 Å². The molecule has 0 aliphatic heterocycles. The summed E-state index contributed by atoms with van der Waals surface area (Å²) >= 11 is 63.5. The van der Waals surface area contributed by atoms with Gasteiger partial charge in [-0.3, -0.25) is 47.9 Å². The van der Waals surface area contributed by atoms with Gasteiger partial charge in [0.15, 0.2) is 0 Å². The Kier molecular flexibility index (Phi) is 70.1. The summed E-state index contributed by atoms with van der Waals surface area (Å²) in [7, 11) is 0. The molecule has 0 saturated carbocycles. The lowest BCUT2D eigenvalue weighted by Crippen LogP contribution is -2.55. The minimum atomic E-state index is -1.17. The summed E-state index contributed by atoms with van der Waals surface area (Å²) in [5, 5.41) is 61.8. The smallest absolute Gasteiger partial charge is 0.335 e. The molecule has 0 aromatic heterocycles. The highest BCUT2D eigenvalue weighted by atomic mass is 32.1. The minimum absolute atomic E-state index is 0.00302. The highest BCUT2D eigenvalue weighted by molar-refractivity contribution is 7.83. The second-order valence-corrected chi connectivity index (χ2v) is 29.1. The fourth-order valence-corrected chi connectivity index (χ4v) is 14.4. The summed E-state index contributed by atoms with van der Waals surface area (Å²) in [4.78, 5) is 135. The third kappa shape index (κ3) is 57.2. The van der Waals surface area contributed by atoms with Crippen LogP contribution in [0.3, 0.4) is 0 Å². The average Bonchev–Trinajstić information content (AvgIpc) is 0.854. The first-order valence-corrected chi connectivity index (χ1v) is 41.6. The summed E-state index contributed by atoms with van der Waals surface area (Å²) < 4.78 is 4.57. The number of ether oxygens (including phenoxy) is 1. The number of unbranched alkanes of at least 4 members (excludes halogenated alkanes) is 1. The van der Waals surface area contributed by atoms with Gasteiger partial charge in [-0.05, 0) is 154 Å². The molecule has 3 unspecified atom stereocenters. The molecule has 0 heterocycles. The van der Waals surface area contributed by atoms with E-state index in [1.165, 1.54) is 24.3 Å². The highest BCUT2D eigenvalue weighted by Crippen LogP contribution is 2.27. The van der Waals surface area contributed by atoms with Crippen LogP contribution in [0.1, 0.15) is 143 Å².